The summed E-state index contributed by atoms with van der Waals surface area (Å²) in [6.07, 6.45) is 2.89. The second kappa shape index (κ2) is 9.17. The number of aryl methyl sites for hydroxylation is 1. The van der Waals surface area contributed by atoms with Gasteiger partial charge in [0.1, 0.15) is 5.15 Å². The van der Waals surface area contributed by atoms with Gasteiger partial charge < -0.3 is 10.1 Å². The van der Waals surface area contributed by atoms with E-state index in [1.54, 1.807) is 27.7 Å². The van der Waals surface area contributed by atoms with E-state index in [0.29, 0.717) is 17.7 Å². The topological polar surface area (TPSA) is 136 Å². The highest BCUT2D eigenvalue weighted by Crippen LogP contribution is 2.30. The first-order valence-electron chi connectivity index (χ1n) is 9.19. The number of ether oxygens (including phenoxy) is 1. The number of sulfone groups is 1. The van der Waals surface area contributed by atoms with Crippen LogP contribution in [0, 0.1) is 6.92 Å². The van der Waals surface area contributed by atoms with Crippen LogP contribution in [-0.2, 0) is 24.2 Å². The Bertz CT molecular complexity index is 978. The number of halogens is 1. The highest BCUT2D eigenvalue weighted by atomic mass is 35.5. The van der Waals surface area contributed by atoms with Crippen molar-refractivity contribution in [3.8, 4) is 0 Å². The highest BCUT2D eigenvalue weighted by molar-refractivity contribution is 7.91. The molecule has 1 aromatic heterocycles. The van der Waals surface area contributed by atoms with E-state index in [1.807, 2.05) is 0 Å². The highest BCUT2D eigenvalue weighted by Gasteiger charge is 2.31. The fraction of sp³-hybridized carbons (Fsp3) is 0.556. The monoisotopic (exact) mass is 460 g/mol. The number of nitrogens with zero attached hydrogens (tertiary/aromatic N) is 2. The van der Waals surface area contributed by atoms with Crippen molar-refractivity contribution in [1.82, 2.24) is 20.4 Å². The largest absolute Gasteiger partial charge is 0.452 e. The number of carbonyl (C=O) groups is 3. The van der Waals surface area contributed by atoms with Gasteiger partial charge in [-0.1, -0.05) is 11.6 Å². The molecule has 1 unspecified atom stereocenters. The standard InChI is InChI=1S/C18H25ClN4O6S/c1-11-13(16(19)23(22-11)12-7-8-30(27,28)10-12)5-6-15(25)29-9-14(24)20-17(26)21-18(2,3)4/h5-6,12H,7-10H2,1-4H3,(H2,20,21,24,26)/b6-5+. The van der Waals surface area contributed by atoms with Crippen molar-refractivity contribution in [3.63, 3.8) is 0 Å². The maximum absolute atomic E-state index is 11.9. The molecule has 12 heteroatoms. The number of aromatic nitrogens is 2. The van der Waals surface area contributed by atoms with Gasteiger partial charge in [0, 0.05) is 17.2 Å². The van der Waals surface area contributed by atoms with Gasteiger partial charge in [-0.25, -0.2) is 22.7 Å². The van der Waals surface area contributed by atoms with Crippen molar-refractivity contribution >= 4 is 45.4 Å². The smallest absolute Gasteiger partial charge is 0.331 e. The third-order valence-electron chi connectivity index (χ3n) is 4.10. The van der Waals surface area contributed by atoms with Crippen molar-refractivity contribution in [2.75, 3.05) is 18.1 Å². The van der Waals surface area contributed by atoms with Crippen molar-refractivity contribution < 1.29 is 27.5 Å². The number of esters is 1. The van der Waals surface area contributed by atoms with Gasteiger partial charge in [0.25, 0.3) is 5.91 Å². The Morgan fingerprint density at radius 1 is 1.33 bits per heavy atom. The molecule has 1 atom stereocenters. The predicted molar refractivity (Wildman–Crippen MR) is 111 cm³/mol. The zero-order valence-corrected chi connectivity index (χ0v) is 18.8. The molecule has 2 rings (SSSR count). The van der Waals surface area contributed by atoms with Gasteiger partial charge in [-0.05, 0) is 40.2 Å². The molecule has 2 heterocycles. The van der Waals surface area contributed by atoms with Crippen LogP contribution >= 0.6 is 11.6 Å². The SMILES string of the molecule is Cc1nn(C2CCS(=O)(=O)C2)c(Cl)c1/C=C/C(=O)OCC(=O)NC(=O)NC(C)(C)C. The minimum absolute atomic E-state index is 0.0308. The number of carbonyl (C=O) groups excluding carboxylic acids is 3. The molecule has 0 aromatic carbocycles. The predicted octanol–water partition coefficient (Wildman–Crippen LogP) is 1.39. The molecule has 0 saturated carbocycles. The normalized spacial score (nSPS) is 18.4. The first-order chi connectivity index (χ1) is 13.8. The zero-order chi connectivity index (χ0) is 22.7. The van der Waals surface area contributed by atoms with Crippen LogP contribution in [0.5, 0.6) is 0 Å². The summed E-state index contributed by atoms with van der Waals surface area (Å²) in [6, 6.07) is -1.04. The third-order valence-corrected chi connectivity index (χ3v) is 6.23. The first-order valence-corrected chi connectivity index (χ1v) is 11.4. The molecule has 0 spiro atoms. The summed E-state index contributed by atoms with van der Waals surface area (Å²) in [5.74, 6) is -1.53. The molecule has 0 radical (unpaired) electrons. The van der Waals surface area contributed by atoms with E-state index >= 15 is 0 Å². The molecule has 1 aromatic rings. The molecular formula is C18H25ClN4O6S. The van der Waals surface area contributed by atoms with Crippen molar-refractivity contribution in [3.05, 3.63) is 22.5 Å². The summed E-state index contributed by atoms with van der Waals surface area (Å²) < 4.78 is 29.6. The first kappa shape index (κ1) is 23.9. The molecule has 0 bridgehead atoms. The zero-order valence-electron chi connectivity index (χ0n) is 17.2. The van der Waals surface area contributed by atoms with Crippen LogP contribution in [-0.4, -0.2) is 59.8 Å². The van der Waals surface area contributed by atoms with Crippen LogP contribution in [0.4, 0.5) is 4.79 Å². The van der Waals surface area contributed by atoms with Gasteiger partial charge in [-0.15, -0.1) is 0 Å². The van der Waals surface area contributed by atoms with Crippen LogP contribution in [0.25, 0.3) is 6.08 Å². The van der Waals surface area contributed by atoms with Crippen LogP contribution in [0.2, 0.25) is 5.15 Å². The van der Waals surface area contributed by atoms with Gasteiger partial charge in [0.2, 0.25) is 0 Å². The Labute approximate surface area is 179 Å². The van der Waals surface area contributed by atoms with E-state index in [-0.39, 0.29) is 22.7 Å². The van der Waals surface area contributed by atoms with Crippen LogP contribution in [0.1, 0.15) is 44.5 Å². The lowest BCUT2D eigenvalue weighted by Gasteiger charge is -2.20. The number of imide groups is 1. The molecule has 2 N–H and O–H groups in total. The minimum Gasteiger partial charge on any atom is -0.452 e. The Kier molecular flexibility index (Phi) is 7.30. The number of hydrogen-bond donors (Lipinski definition) is 2. The number of nitrogens with one attached hydrogen (secondary N) is 2. The van der Waals surface area contributed by atoms with Gasteiger partial charge in [-0.3, -0.25) is 10.1 Å². The van der Waals surface area contributed by atoms with Crippen molar-refractivity contribution in [2.24, 2.45) is 0 Å². The Morgan fingerprint density at radius 3 is 2.57 bits per heavy atom. The van der Waals surface area contributed by atoms with E-state index in [1.165, 1.54) is 10.8 Å². The van der Waals surface area contributed by atoms with E-state index in [4.69, 9.17) is 16.3 Å². The molecule has 166 valence electrons. The van der Waals surface area contributed by atoms with E-state index in [0.717, 1.165) is 6.08 Å². The molecule has 1 aliphatic rings. The molecule has 3 amide bonds. The summed E-state index contributed by atoms with van der Waals surface area (Å²) >= 11 is 6.32. The summed E-state index contributed by atoms with van der Waals surface area (Å²) in [7, 11) is -3.10. The maximum atomic E-state index is 11.9. The molecular weight excluding hydrogens is 436 g/mol. The average molecular weight is 461 g/mol. The lowest BCUT2D eigenvalue weighted by molar-refractivity contribution is -0.143. The third kappa shape index (κ3) is 6.84. The van der Waals surface area contributed by atoms with Gasteiger partial charge in [0.15, 0.2) is 16.4 Å². The second-order valence-corrected chi connectivity index (χ2v) is 10.6. The van der Waals surface area contributed by atoms with Gasteiger partial charge >= 0.3 is 12.0 Å². The molecule has 30 heavy (non-hydrogen) atoms. The average Bonchev–Trinajstić information content (AvgIpc) is 3.08. The molecule has 10 nitrogen and oxygen atoms in total. The molecule has 0 aliphatic carbocycles. The quantitative estimate of drug-likeness (QED) is 0.500. The summed E-state index contributed by atoms with van der Waals surface area (Å²) in [6.45, 7) is 6.30. The fourth-order valence-electron chi connectivity index (χ4n) is 2.80. The fourth-order valence-corrected chi connectivity index (χ4v) is 4.87. The van der Waals surface area contributed by atoms with Gasteiger partial charge in [0.05, 0.1) is 23.2 Å². The molecule has 1 aliphatic heterocycles. The van der Waals surface area contributed by atoms with E-state index in [2.05, 4.69) is 15.7 Å². The van der Waals surface area contributed by atoms with E-state index < -0.39 is 39.9 Å². The Hall–Kier alpha value is -2.40. The number of rotatable bonds is 5. The number of urea groups is 1. The lowest BCUT2D eigenvalue weighted by Crippen LogP contribution is -2.49. The van der Waals surface area contributed by atoms with Crippen molar-refractivity contribution in [2.45, 2.75) is 45.7 Å². The Balaban J connectivity index is 1.92. The Morgan fingerprint density at radius 2 is 2.00 bits per heavy atom. The summed E-state index contributed by atoms with van der Waals surface area (Å²) in [5, 5.41) is 9.09. The van der Waals surface area contributed by atoms with E-state index in [9.17, 15) is 22.8 Å². The van der Waals surface area contributed by atoms with Crippen molar-refractivity contribution in [1.29, 1.82) is 0 Å². The van der Waals surface area contributed by atoms with Crippen LogP contribution < -0.4 is 10.6 Å². The summed E-state index contributed by atoms with van der Waals surface area (Å²) in [5.41, 5.74) is 0.450. The van der Waals surface area contributed by atoms with Crippen LogP contribution in [0.3, 0.4) is 0 Å². The minimum atomic E-state index is -3.10. The van der Waals surface area contributed by atoms with Crippen LogP contribution in [0.15, 0.2) is 6.08 Å². The number of hydrogen-bond acceptors (Lipinski definition) is 7. The van der Waals surface area contributed by atoms with Gasteiger partial charge in [-0.2, -0.15) is 5.10 Å². The molecule has 1 saturated heterocycles. The summed E-state index contributed by atoms with van der Waals surface area (Å²) in [4.78, 5) is 35.1. The lowest BCUT2D eigenvalue weighted by atomic mass is 10.1. The number of amides is 3. The molecule has 1 fully saturated rings. The maximum Gasteiger partial charge on any atom is 0.331 e. The second-order valence-electron chi connectivity index (χ2n) is 7.98.